The molecule has 1 aliphatic heterocycles. The van der Waals surface area contributed by atoms with Crippen molar-refractivity contribution < 1.29 is 4.79 Å². The first-order valence-corrected chi connectivity index (χ1v) is 10.3. The Morgan fingerprint density at radius 1 is 1.19 bits per heavy atom. The minimum atomic E-state index is -0.0764. The summed E-state index contributed by atoms with van der Waals surface area (Å²) in [5.41, 5.74) is 0.603. The van der Waals surface area contributed by atoms with Crippen molar-refractivity contribution in [2.45, 2.75) is 24.9 Å². The van der Waals surface area contributed by atoms with Gasteiger partial charge in [-0.1, -0.05) is 43.0 Å². The molecule has 0 bridgehead atoms. The van der Waals surface area contributed by atoms with Gasteiger partial charge in [-0.15, -0.1) is 0 Å². The number of thioether (sulfide) groups is 1. The van der Waals surface area contributed by atoms with Crippen LogP contribution in [0, 0.1) is 5.92 Å². The fourth-order valence-corrected chi connectivity index (χ4v) is 4.42. The fraction of sp³-hybridized carbons (Fsp3) is 0.381. The van der Waals surface area contributed by atoms with Gasteiger partial charge in [-0.05, 0) is 41.7 Å². The Hall–Kier alpha value is -2.34. The maximum atomic E-state index is 12.8. The van der Waals surface area contributed by atoms with Gasteiger partial charge >= 0.3 is 0 Å². The zero-order valence-corrected chi connectivity index (χ0v) is 16.5. The van der Waals surface area contributed by atoms with Crippen LogP contribution in [0.5, 0.6) is 0 Å². The van der Waals surface area contributed by atoms with Crippen LogP contribution >= 0.6 is 11.8 Å². The third-order valence-corrected chi connectivity index (χ3v) is 6.38. The molecule has 1 aliphatic rings. The number of likely N-dealkylation sites (tertiary alicyclic amines) is 1. The highest BCUT2D eigenvalue weighted by Crippen LogP contribution is 2.23. The van der Waals surface area contributed by atoms with Crippen LogP contribution in [0.25, 0.3) is 21.7 Å². The molecule has 27 heavy (non-hydrogen) atoms. The van der Waals surface area contributed by atoms with Gasteiger partial charge in [0.05, 0.1) is 16.7 Å². The molecule has 1 saturated heterocycles. The molecule has 0 atom stereocenters. The van der Waals surface area contributed by atoms with Crippen molar-refractivity contribution >= 4 is 39.3 Å². The molecule has 0 spiro atoms. The monoisotopic (exact) mass is 381 g/mol. The normalized spacial score (nSPS) is 15.6. The van der Waals surface area contributed by atoms with Crippen molar-refractivity contribution in [1.82, 2.24) is 14.5 Å². The lowest BCUT2D eigenvalue weighted by molar-refractivity contribution is -0.129. The summed E-state index contributed by atoms with van der Waals surface area (Å²) in [5, 5.41) is 3.28. The molecule has 0 unspecified atom stereocenters. The number of carbonyl (C=O) groups excluding carboxylic acids is 1. The fourth-order valence-electron chi connectivity index (χ4n) is 3.54. The number of piperidine rings is 1. The Labute approximate surface area is 162 Å². The molecule has 2 heterocycles. The Balaban J connectivity index is 1.60. The number of aromatic nitrogens is 2. The number of hydrogen-bond donors (Lipinski definition) is 0. The smallest absolute Gasteiger partial charge is 0.261 e. The summed E-state index contributed by atoms with van der Waals surface area (Å²) in [6, 6.07) is 11.8. The van der Waals surface area contributed by atoms with Crippen LogP contribution in [0.4, 0.5) is 0 Å². The topological polar surface area (TPSA) is 55.2 Å². The lowest BCUT2D eigenvalue weighted by Gasteiger charge is -2.30. The second-order valence-electron chi connectivity index (χ2n) is 7.33. The molecule has 2 aromatic carbocycles. The average molecular weight is 382 g/mol. The van der Waals surface area contributed by atoms with Crippen LogP contribution in [0.15, 0.2) is 46.3 Å². The van der Waals surface area contributed by atoms with E-state index in [0.29, 0.717) is 27.7 Å². The summed E-state index contributed by atoms with van der Waals surface area (Å²) in [4.78, 5) is 31.9. The lowest BCUT2D eigenvalue weighted by Crippen LogP contribution is -2.39. The zero-order valence-electron chi connectivity index (χ0n) is 15.6. The van der Waals surface area contributed by atoms with Crippen LogP contribution in [-0.2, 0) is 11.8 Å². The van der Waals surface area contributed by atoms with Crippen LogP contribution < -0.4 is 5.56 Å². The Kier molecular flexibility index (Phi) is 4.91. The SMILES string of the molecule is CC1CCN(C(=O)CSc2nc3cc4ccccc4cc3c(=O)n2C)CC1. The van der Waals surface area contributed by atoms with Crippen molar-refractivity contribution in [2.75, 3.05) is 18.8 Å². The summed E-state index contributed by atoms with van der Waals surface area (Å²) in [6.45, 7) is 3.89. The molecule has 0 radical (unpaired) electrons. The van der Waals surface area contributed by atoms with Gasteiger partial charge in [0.25, 0.3) is 5.56 Å². The molecule has 4 rings (SSSR count). The highest BCUT2D eigenvalue weighted by molar-refractivity contribution is 7.99. The standard InChI is InChI=1S/C21H23N3O2S/c1-14-7-9-24(10-8-14)19(25)13-27-21-22-18-12-16-6-4-3-5-15(16)11-17(18)20(26)23(21)2/h3-6,11-12,14H,7-10,13H2,1-2H3. The maximum absolute atomic E-state index is 12.8. The summed E-state index contributed by atoms with van der Waals surface area (Å²) in [5.74, 6) is 1.13. The third kappa shape index (κ3) is 3.58. The van der Waals surface area contributed by atoms with E-state index in [9.17, 15) is 9.59 Å². The molecule has 0 saturated carbocycles. The van der Waals surface area contributed by atoms with Crippen molar-refractivity contribution in [3.05, 3.63) is 46.8 Å². The molecule has 5 nitrogen and oxygen atoms in total. The number of amides is 1. The van der Waals surface area contributed by atoms with E-state index < -0.39 is 0 Å². The van der Waals surface area contributed by atoms with E-state index in [4.69, 9.17) is 0 Å². The van der Waals surface area contributed by atoms with E-state index in [0.717, 1.165) is 36.7 Å². The summed E-state index contributed by atoms with van der Waals surface area (Å²) < 4.78 is 1.55. The number of nitrogens with zero attached hydrogens (tertiary/aromatic N) is 3. The molecule has 0 aliphatic carbocycles. The van der Waals surface area contributed by atoms with Crippen molar-refractivity contribution in [1.29, 1.82) is 0 Å². The van der Waals surface area contributed by atoms with Gasteiger partial charge in [-0.2, -0.15) is 0 Å². The Morgan fingerprint density at radius 2 is 1.85 bits per heavy atom. The number of hydrogen-bond acceptors (Lipinski definition) is 4. The van der Waals surface area contributed by atoms with Crippen molar-refractivity contribution in [3.8, 4) is 0 Å². The lowest BCUT2D eigenvalue weighted by atomic mass is 9.99. The van der Waals surface area contributed by atoms with Crippen LogP contribution in [0.1, 0.15) is 19.8 Å². The van der Waals surface area contributed by atoms with Gasteiger partial charge in [0.15, 0.2) is 5.16 Å². The molecule has 3 aromatic rings. The molecule has 1 fully saturated rings. The second kappa shape index (κ2) is 7.35. The zero-order chi connectivity index (χ0) is 19.0. The number of fused-ring (bicyclic) bond motifs is 2. The summed E-state index contributed by atoms with van der Waals surface area (Å²) in [7, 11) is 1.72. The second-order valence-corrected chi connectivity index (χ2v) is 8.27. The molecule has 140 valence electrons. The van der Waals surface area contributed by atoms with Gasteiger partial charge in [-0.25, -0.2) is 4.98 Å². The first kappa shape index (κ1) is 18.0. The predicted octanol–water partition coefficient (Wildman–Crippen LogP) is 3.44. The van der Waals surface area contributed by atoms with Gasteiger partial charge in [0.2, 0.25) is 5.91 Å². The van der Waals surface area contributed by atoms with Crippen LogP contribution in [-0.4, -0.2) is 39.2 Å². The van der Waals surface area contributed by atoms with E-state index in [1.165, 1.54) is 11.8 Å². The molecule has 1 aromatic heterocycles. The number of carbonyl (C=O) groups is 1. The number of rotatable bonds is 3. The third-order valence-electron chi connectivity index (χ3n) is 5.36. The average Bonchev–Trinajstić information content (AvgIpc) is 2.69. The van der Waals surface area contributed by atoms with Crippen LogP contribution in [0.2, 0.25) is 0 Å². The van der Waals surface area contributed by atoms with E-state index in [-0.39, 0.29) is 11.5 Å². The Bertz CT molecular complexity index is 1070. The van der Waals surface area contributed by atoms with E-state index in [1.54, 1.807) is 11.6 Å². The highest BCUT2D eigenvalue weighted by Gasteiger charge is 2.21. The molecular weight excluding hydrogens is 358 g/mol. The number of benzene rings is 2. The van der Waals surface area contributed by atoms with E-state index in [2.05, 4.69) is 11.9 Å². The molecule has 6 heteroatoms. The summed E-state index contributed by atoms with van der Waals surface area (Å²) >= 11 is 1.34. The predicted molar refractivity (Wildman–Crippen MR) is 110 cm³/mol. The van der Waals surface area contributed by atoms with Gasteiger partial charge in [0.1, 0.15) is 0 Å². The van der Waals surface area contributed by atoms with E-state index >= 15 is 0 Å². The first-order valence-electron chi connectivity index (χ1n) is 9.33. The molecule has 1 amide bonds. The van der Waals surface area contributed by atoms with Crippen LogP contribution in [0.3, 0.4) is 0 Å². The van der Waals surface area contributed by atoms with E-state index in [1.807, 2.05) is 41.3 Å². The highest BCUT2D eigenvalue weighted by atomic mass is 32.2. The maximum Gasteiger partial charge on any atom is 0.261 e. The van der Waals surface area contributed by atoms with Crippen molar-refractivity contribution in [3.63, 3.8) is 0 Å². The molecular formula is C21H23N3O2S. The minimum absolute atomic E-state index is 0.0764. The van der Waals surface area contributed by atoms with Gasteiger partial charge < -0.3 is 4.90 Å². The van der Waals surface area contributed by atoms with Crippen molar-refractivity contribution in [2.24, 2.45) is 13.0 Å². The van der Waals surface area contributed by atoms with Gasteiger partial charge in [0, 0.05) is 20.1 Å². The molecule has 0 N–H and O–H groups in total. The summed E-state index contributed by atoms with van der Waals surface area (Å²) in [6.07, 6.45) is 2.13. The quantitative estimate of drug-likeness (QED) is 0.396. The first-order chi connectivity index (χ1) is 13.0. The Morgan fingerprint density at radius 3 is 2.56 bits per heavy atom. The minimum Gasteiger partial charge on any atom is -0.342 e. The van der Waals surface area contributed by atoms with Gasteiger partial charge in [-0.3, -0.25) is 14.2 Å². The largest absolute Gasteiger partial charge is 0.342 e.